The van der Waals surface area contributed by atoms with E-state index in [0.29, 0.717) is 5.82 Å². The first-order chi connectivity index (χ1) is 12.1. The molecule has 3 rings (SSSR count). The summed E-state index contributed by atoms with van der Waals surface area (Å²) in [5, 5.41) is 12.4. The first kappa shape index (κ1) is 17.1. The highest BCUT2D eigenvalue weighted by molar-refractivity contribution is 5.86. The van der Waals surface area contributed by atoms with Crippen LogP contribution in [0.25, 0.3) is 11.0 Å². The molecule has 0 spiro atoms. The van der Waals surface area contributed by atoms with E-state index in [9.17, 15) is 4.79 Å². The summed E-state index contributed by atoms with van der Waals surface area (Å²) in [5.41, 5.74) is 3.94. The van der Waals surface area contributed by atoms with Gasteiger partial charge in [-0.2, -0.15) is 0 Å². The molecule has 0 atom stereocenters. The van der Waals surface area contributed by atoms with E-state index in [4.69, 9.17) is 9.15 Å². The van der Waals surface area contributed by atoms with Crippen LogP contribution >= 0.6 is 0 Å². The van der Waals surface area contributed by atoms with Crippen LogP contribution in [0.15, 0.2) is 22.8 Å². The molecule has 0 saturated heterocycles. The Morgan fingerprint density at radius 2 is 2.08 bits per heavy atom. The summed E-state index contributed by atoms with van der Waals surface area (Å²) in [6, 6.07) is 4.03. The largest absolute Gasteiger partial charge is 0.464 e. The molecule has 0 amide bonds. The monoisotopic (exact) mass is 342 g/mol. The molecule has 7 nitrogen and oxygen atoms in total. The average molecular weight is 342 g/mol. The Hall–Kier alpha value is -2.70. The van der Waals surface area contributed by atoms with E-state index in [2.05, 4.69) is 22.4 Å². The van der Waals surface area contributed by atoms with Crippen LogP contribution in [0.1, 0.15) is 42.3 Å². The van der Waals surface area contributed by atoms with Gasteiger partial charge in [0, 0.05) is 17.5 Å². The van der Waals surface area contributed by atoms with E-state index in [0.717, 1.165) is 41.5 Å². The number of furan rings is 1. The zero-order valence-corrected chi connectivity index (χ0v) is 14.8. The Balaban J connectivity index is 1.64. The predicted octanol–water partition coefficient (Wildman–Crippen LogP) is 3.12. The van der Waals surface area contributed by atoms with Gasteiger partial charge in [0.1, 0.15) is 5.58 Å². The third-order valence-electron chi connectivity index (χ3n) is 4.30. The maximum atomic E-state index is 12.2. The third kappa shape index (κ3) is 3.87. The van der Waals surface area contributed by atoms with Crippen molar-refractivity contribution in [3.8, 4) is 0 Å². The standard InChI is InChI=1S/C18H22N4O3/c1-4-5-6-22-17(19-20-21-22)11-25-18(23)9-14-10-24-16-8-13(3)12(2)7-15(14)16/h7-8,10H,4-6,9,11H2,1-3H3. The maximum absolute atomic E-state index is 12.2. The highest BCUT2D eigenvalue weighted by Gasteiger charge is 2.14. The molecule has 0 bridgehead atoms. The van der Waals surface area contributed by atoms with Crippen molar-refractivity contribution in [2.24, 2.45) is 0 Å². The molecular formula is C18H22N4O3. The van der Waals surface area contributed by atoms with Crippen molar-refractivity contribution >= 4 is 16.9 Å². The van der Waals surface area contributed by atoms with Gasteiger partial charge in [-0.1, -0.05) is 13.3 Å². The fourth-order valence-corrected chi connectivity index (χ4v) is 2.63. The first-order valence-electron chi connectivity index (χ1n) is 8.46. The van der Waals surface area contributed by atoms with Gasteiger partial charge in [0.2, 0.25) is 0 Å². The van der Waals surface area contributed by atoms with Crippen molar-refractivity contribution in [2.75, 3.05) is 0 Å². The van der Waals surface area contributed by atoms with Gasteiger partial charge >= 0.3 is 5.97 Å². The van der Waals surface area contributed by atoms with Crippen molar-refractivity contribution in [3.05, 3.63) is 40.9 Å². The van der Waals surface area contributed by atoms with Crippen LogP contribution in [-0.4, -0.2) is 26.2 Å². The quantitative estimate of drug-likeness (QED) is 0.614. The van der Waals surface area contributed by atoms with Crippen LogP contribution in [0.4, 0.5) is 0 Å². The number of aryl methyl sites for hydroxylation is 3. The summed E-state index contributed by atoms with van der Waals surface area (Å²) < 4.78 is 12.6. The van der Waals surface area contributed by atoms with Gasteiger partial charge in [-0.25, -0.2) is 4.68 Å². The number of esters is 1. The Morgan fingerprint density at radius 3 is 2.88 bits per heavy atom. The summed E-state index contributed by atoms with van der Waals surface area (Å²) in [4.78, 5) is 12.2. The molecule has 1 aromatic carbocycles. The lowest BCUT2D eigenvalue weighted by Crippen LogP contribution is -2.12. The summed E-state index contributed by atoms with van der Waals surface area (Å²) in [7, 11) is 0. The minimum absolute atomic E-state index is 0.0729. The van der Waals surface area contributed by atoms with E-state index in [-0.39, 0.29) is 19.0 Å². The van der Waals surface area contributed by atoms with Crippen LogP contribution in [0.3, 0.4) is 0 Å². The van der Waals surface area contributed by atoms with Crippen molar-refractivity contribution in [1.82, 2.24) is 20.2 Å². The fourth-order valence-electron chi connectivity index (χ4n) is 2.63. The highest BCUT2D eigenvalue weighted by atomic mass is 16.5. The molecule has 7 heteroatoms. The number of hydrogen-bond acceptors (Lipinski definition) is 6. The van der Waals surface area contributed by atoms with Crippen LogP contribution in [0, 0.1) is 13.8 Å². The lowest BCUT2D eigenvalue weighted by molar-refractivity contribution is -0.144. The van der Waals surface area contributed by atoms with Gasteiger partial charge < -0.3 is 9.15 Å². The normalized spacial score (nSPS) is 11.2. The number of carbonyl (C=O) groups excluding carboxylic acids is 1. The number of tetrazole rings is 1. The highest BCUT2D eigenvalue weighted by Crippen LogP contribution is 2.25. The number of fused-ring (bicyclic) bond motifs is 1. The fraction of sp³-hybridized carbons (Fsp3) is 0.444. The number of ether oxygens (including phenoxy) is 1. The van der Waals surface area contributed by atoms with Gasteiger partial charge in [0.25, 0.3) is 0 Å². The average Bonchev–Trinajstić information content (AvgIpc) is 3.19. The van der Waals surface area contributed by atoms with E-state index >= 15 is 0 Å². The molecule has 0 aliphatic carbocycles. The summed E-state index contributed by atoms with van der Waals surface area (Å²) >= 11 is 0. The minimum atomic E-state index is -0.328. The first-order valence-corrected chi connectivity index (χ1v) is 8.46. The molecule has 0 radical (unpaired) electrons. The molecule has 0 fully saturated rings. The van der Waals surface area contributed by atoms with Crippen molar-refractivity contribution in [2.45, 2.75) is 53.2 Å². The van der Waals surface area contributed by atoms with E-state index in [1.165, 1.54) is 5.56 Å². The minimum Gasteiger partial charge on any atom is -0.464 e. The molecule has 25 heavy (non-hydrogen) atoms. The molecule has 2 heterocycles. The number of rotatable bonds is 7. The number of carbonyl (C=O) groups is 1. The third-order valence-corrected chi connectivity index (χ3v) is 4.30. The molecule has 132 valence electrons. The summed E-state index contributed by atoms with van der Waals surface area (Å²) in [6.07, 6.45) is 3.81. The lowest BCUT2D eigenvalue weighted by Gasteiger charge is -2.05. The van der Waals surface area contributed by atoms with Crippen molar-refractivity contribution in [1.29, 1.82) is 0 Å². The summed E-state index contributed by atoms with van der Waals surface area (Å²) in [6.45, 7) is 6.97. The molecule has 0 unspecified atom stereocenters. The van der Waals surface area contributed by atoms with Crippen LogP contribution in [-0.2, 0) is 29.1 Å². The zero-order chi connectivity index (χ0) is 17.8. The van der Waals surface area contributed by atoms with Crippen LogP contribution in [0.2, 0.25) is 0 Å². The second kappa shape index (κ2) is 7.46. The Labute approximate surface area is 146 Å². The lowest BCUT2D eigenvalue weighted by atomic mass is 10.0. The van der Waals surface area contributed by atoms with Gasteiger partial charge in [-0.3, -0.25) is 4.79 Å². The maximum Gasteiger partial charge on any atom is 0.310 e. The molecule has 0 saturated carbocycles. The SMILES string of the molecule is CCCCn1nnnc1COC(=O)Cc1coc2cc(C)c(C)cc12. The number of benzene rings is 1. The van der Waals surface area contributed by atoms with Gasteiger partial charge in [-0.15, -0.1) is 5.10 Å². The molecule has 0 aliphatic rings. The van der Waals surface area contributed by atoms with Crippen LogP contribution in [0.5, 0.6) is 0 Å². The smallest absolute Gasteiger partial charge is 0.310 e. The molecule has 0 aliphatic heterocycles. The van der Waals surface area contributed by atoms with Gasteiger partial charge in [-0.05, 0) is 54.0 Å². The van der Waals surface area contributed by atoms with Crippen molar-refractivity contribution in [3.63, 3.8) is 0 Å². The molecular weight excluding hydrogens is 320 g/mol. The zero-order valence-electron chi connectivity index (χ0n) is 14.8. The Kier molecular flexibility index (Phi) is 5.11. The molecule has 3 aromatic rings. The number of aromatic nitrogens is 4. The van der Waals surface area contributed by atoms with Gasteiger partial charge in [0.05, 0.1) is 12.7 Å². The van der Waals surface area contributed by atoms with Crippen molar-refractivity contribution < 1.29 is 13.9 Å². The predicted molar refractivity (Wildman–Crippen MR) is 91.9 cm³/mol. The van der Waals surface area contributed by atoms with Crippen LogP contribution < -0.4 is 0 Å². The van der Waals surface area contributed by atoms with E-state index in [1.807, 2.05) is 26.0 Å². The number of nitrogens with zero attached hydrogens (tertiary/aromatic N) is 4. The summed E-state index contributed by atoms with van der Waals surface area (Å²) in [5.74, 6) is 0.233. The molecule has 2 aromatic heterocycles. The molecule has 0 N–H and O–H groups in total. The Bertz CT molecular complexity index is 882. The second-order valence-corrected chi connectivity index (χ2v) is 6.20. The van der Waals surface area contributed by atoms with Gasteiger partial charge in [0.15, 0.2) is 12.4 Å². The Morgan fingerprint density at radius 1 is 1.28 bits per heavy atom. The van der Waals surface area contributed by atoms with E-state index in [1.54, 1.807) is 10.9 Å². The topological polar surface area (TPSA) is 83.0 Å². The van der Waals surface area contributed by atoms with E-state index < -0.39 is 0 Å². The number of unbranched alkanes of at least 4 members (excludes halogenated alkanes) is 1. The number of hydrogen-bond donors (Lipinski definition) is 0. The second-order valence-electron chi connectivity index (χ2n) is 6.20.